The zero-order valence-corrected chi connectivity index (χ0v) is 12.0. The number of carbonyl (C=O) groups is 1. The molecule has 8 heteroatoms. The number of halogens is 1. The quantitative estimate of drug-likeness (QED) is 0.548. The molecule has 0 saturated carbocycles. The summed E-state index contributed by atoms with van der Waals surface area (Å²) in [6.07, 6.45) is 0.622. The fourth-order valence-electron chi connectivity index (χ4n) is 1.11. The van der Waals surface area contributed by atoms with E-state index in [9.17, 15) is 9.28 Å². The van der Waals surface area contributed by atoms with E-state index in [-0.39, 0.29) is 5.46 Å². The van der Waals surface area contributed by atoms with Crippen molar-refractivity contribution in [1.82, 2.24) is 0 Å². The van der Waals surface area contributed by atoms with E-state index in [1.165, 1.54) is 12.1 Å². The zero-order valence-electron chi connectivity index (χ0n) is 9.04. The Balaban J connectivity index is 0.000000770. The third kappa shape index (κ3) is 5.82. The molecule has 1 rings (SSSR count). The fourth-order valence-corrected chi connectivity index (χ4v) is 1.11. The van der Waals surface area contributed by atoms with Crippen LogP contribution < -0.4 is 10.2 Å². The Morgan fingerprint density at radius 3 is 2.59 bits per heavy atom. The molecule has 1 aromatic carbocycles. The second-order valence-corrected chi connectivity index (χ2v) is 3.29. The van der Waals surface area contributed by atoms with Crippen LogP contribution in [-0.4, -0.2) is 30.1 Å². The molecule has 92 valence electrons. The molecule has 1 aromatic rings. The van der Waals surface area contributed by atoms with Gasteiger partial charge in [-0.25, -0.2) is 0 Å². The van der Waals surface area contributed by atoms with E-state index in [0.717, 1.165) is 0 Å². The number of hydrogen-bond acceptors (Lipinski definition) is 5. The van der Waals surface area contributed by atoms with Gasteiger partial charge >= 0.3 is 34.9 Å². The summed E-state index contributed by atoms with van der Waals surface area (Å²) in [5.74, 6) is 0.451. The second-order valence-electron chi connectivity index (χ2n) is 2.79. The first-order valence-corrected chi connectivity index (χ1v) is 5.93. The summed E-state index contributed by atoms with van der Waals surface area (Å²) in [5, 5.41) is 17.7. The van der Waals surface area contributed by atoms with Crippen molar-refractivity contribution >= 4 is 18.9 Å². The molecule has 0 fully saturated rings. The maximum atomic E-state index is 10.6. The van der Waals surface area contributed by atoms with Crippen molar-refractivity contribution in [2.45, 2.75) is 6.92 Å². The molecule has 0 bridgehead atoms. The van der Waals surface area contributed by atoms with Crippen LogP contribution in [0.1, 0.15) is 17.3 Å². The fraction of sp³-hybridized carbons (Fsp3) is 0.222. The molecule has 2 N–H and O–H groups in total. The molecule has 0 saturated heterocycles. The summed E-state index contributed by atoms with van der Waals surface area (Å²) < 4.78 is 17.2. The van der Waals surface area contributed by atoms with Gasteiger partial charge in [0, 0.05) is 0 Å². The summed E-state index contributed by atoms with van der Waals surface area (Å²) >= 11 is 0.630. The van der Waals surface area contributed by atoms with E-state index in [2.05, 4.69) is 3.72 Å². The van der Waals surface area contributed by atoms with Crippen molar-refractivity contribution in [3.63, 3.8) is 0 Å². The van der Waals surface area contributed by atoms with Crippen molar-refractivity contribution in [1.29, 1.82) is 0 Å². The normalized spacial score (nSPS) is 8.71. The minimum absolute atomic E-state index is 0.274. The molecule has 0 amide bonds. The Labute approximate surface area is 109 Å². The number of hydrogen-bond donors (Lipinski definition) is 2. The van der Waals surface area contributed by atoms with Crippen LogP contribution in [0, 0.1) is 0 Å². The molecule has 0 unspecified atom stereocenters. The number of rotatable bonds is 4. The van der Waals surface area contributed by atoms with Gasteiger partial charge in [-0.15, -0.1) is 0 Å². The Hall–Kier alpha value is -0.907. The molecule has 0 aliphatic heterocycles. The molecular formula is C9H11BFNO4W. The molecular weight excluding hydrogens is 400 g/mol. The van der Waals surface area contributed by atoms with Crippen LogP contribution in [0.25, 0.3) is 0 Å². The molecule has 17 heavy (non-hydrogen) atoms. The van der Waals surface area contributed by atoms with Crippen molar-refractivity contribution in [3.05, 3.63) is 23.8 Å². The number of carbonyl (C=O) groups excluding carboxylic acids is 1. The van der Waals surface area contributed by atoms with Gasteiger partial charge in [0.05, 0.1) is 12.2 Å². The summed E-state index contributed by atoms with van der Waals surface area (Å²) in [6, 6.07) is 4.44. The molecule has 0 spiro atoms. The average Bonchev–Trinajstić information content (AvgIpc) is 2.30. The Bertz CT molecular complexity index is 378. The first-order chi connectivity index (χ1) is 8.10. The summed E-state index contributed by atoms with van der Waals surface area (Å²) in [5.41, 5.74) is 0.591. The standard InChI is InChI=1S/C9H11BO4.FN.W/c1-2-14-9-4-3-8(10(12)13)5-7(9)6-11;1-2;/h3-6,12-13H,2H2,1H3;;. The summed E-state index contributed by atoms with van der Waals surface area (Å²) in [4.78, 5) is 10.6. The number of ether oxygens (including phenoxy) is 1. The monoisotopic (exact) mass is 411 g/mol. The predicted molar refractivity (Wildman–Crippen MR) is 56.4 cm³/mol. The molecule has 0 aromatic heterocycles. The summed E-state index contributed by atoms with van der Waals surface area (Å²) in [7, 11) is -1.57. The van der Waals surface area contributed by atoms with Gasteiger partial charge < -0.3 is 14.8 Å². The minimum atomic E-state index is -1.57. The Morgan fingerprint density at radius 2 is 2.18 bits per heavy atom. The number of benzene rings is 1. The van der Waals surface area contributed by atoms with Gasteiger partial charge in [-0.05, 0) is 24.5 Å². The van der Waals surface area contributed by atoms with Crippen LogP contribution >= 0.6 is 0 Å². The van der Waals surface area contributed by atoms with Crippen LogP contribution in [-0.2, 0) is 19.6 Å². The first-order valence-electron chi connectivity index (χ1n) is 4.62. The van der Waals surface area contributed by atoms with Gasteiger partial charge in [0.2, 0.25) is 0 Å². The van der Waals surface area contributed by atoms with Gasteiger partial charge in [0.15, 0.2) is 6.29 Å². The van der Waals surface area contributed by atoms with Crippen LogP contribution in [0.2, 0.25) is 0 Å². The molecule has 0 radical (unpaired) electrons. The molecule has 0 aliphatic carbocycles. The van der Waals surface area contributed by atoms with Gasteiger partial charge in [-0.2, -0.15) is 0 Å². The second kappa shape index (κ2) is 9.16. The SMILES string of the molecule is CCOc1ccc(B(O)O)cc1C=O.F[N]=[W]. The van der Waals surface area contributed by atoms with Crippen molar-refractivity contribution < 1.29 is 43.7 Å². The predicted octanol–water partition coefficient (Wildman–Crippen LogP) is 0.179. The van der Waals surface area contributed by atoms with E-state index >= 15 is 0 Å². The van der Waals surface area contributed by atoms with E-state index in [0.29, 0.717) is 43.8 Å². The van der Waals surface area contributed by atoms with Crippen molar-refractivity contribution in [3.8, 4) is 5.75 Å². The number of aldehydes is 1. The van der Waals surface area contributed by atoms with Crippen LogP contribution in [0.5, 0.6) is 5.75 Å². The first kappa shape index (κ1) is 16.1. The third-order valence-electron chi connectivity index (χ3n) is 1.76. The third-order valence-corrected chi connectivity index (χ3v) is 1.76. The molecule has 0 heterocycles. The van der Waals surface area contributed by atoms with Gasteiger partial charge in [-0.1, -0.05) is 6.07 Å². The topological polar surface area (TPSA) is 79.1 Å². The van der Waals surface area contributed by atoms with E-state index in [1.807, 2.05) is 6.92 Å². The van der Waals surface area contributed by atoms with Crippen LogP contribution in [0.15, 0.2) is 21.9 Å². The van der Waals surface area contributed by atoms with E-state index < -0.39 is 7.12 Å². The van der Waals surface area contributed by atoms with Crippen LogP contribution in [0.4, 0.5) is 4.48 Å². The average molecular weight is 411 g/mol. The van der Waals surface area contributed by atoms with Gasteiger partial charge in [0.1, 0.15) is 5.75 Å². The van der Waals surface area contributed by atoms with Crippen LogP contribution in [0.3, 0.4) is 0 Å². The van der Waals surface area contributed by atoms with E-state index in [4.69, 9.17) is 14.8 Å². The molecule has 0 aliphatic rings. The van der Waals surface area contributed by atoms with Crippen molar-refractivity contribution in [2.75, 3.05) is 6.61 Å². The van der Waals surface area contributed by atoms with Gasteiger partial charge in [-0.3, -0.25) is 4.79 Å². The maximum absolute atomic E-state index is 10.6. The zero-order chi connectivity index (χ0) is 13.3. The van der Waals surface area contributed by atoms with E-state index in [1.54, 1.807) is 6.07 Å². The molecule has 5 nitrogen and oxygen atoms in total. The Kier molecular flexibility index (Phi) is 8.67. The Morgan fingerprint density at radius 1 is 1.59 bits per heavy atom. The summed E-state index contributed by atoms with van der Waals surface area (Å²) in [6.45, 7) is 2.27. The number of nitrogens with zero attached hydrogens (tertiary/aromatic N) is 1. The van der Waals surface area contributed by atoms with Gasteiger partial charge in [0.25, 0.3) is 0 Å². The van der Waals surface area contributed by atoms with Crippen molar-refractivity contribution in [2.24, 2.45) is 3.72 Å². The molecule has 0 atom stereocenters.